The minimum Gasteiger partial charge on any atom is -0.315 e. The summed E-state index contributed by atoms with van der Waals surface area (Å²) >= 11 is 0. The van der Waals surface area contributed by atoms with Crippen molar-refractivity contribution in [2.75, 3.05) is 39.3 Å². The average molecular weight is 275 g/mol. The summed E-state index contributed by atoms with van der Waals surface area (Å²) in [6.07, 6.45) is 1.28. The van der Waals surface area contributed by atoms with Gasteiger partial charge in [-0.15, -0.1) is 0 Å². The van der Waals surface area contributed by atoms with Gasteiger partial charge in [0.05, 0.1) is 0 Å². The predicted molar refractivity (Wildman–Crippen MR) is 85.9 cm³/mol. The van der Waals surface area contributed by atoms with Crippen molar-refractivity contribution in [2.24, 2.45) is 0 Å². The zero-order valence-corrected chi connectivity index (χ0v) is 13.0. The summed E-state index contributed by atoms with van der Waals surface area (Å²) in [6, 6.07) is 11.4. The van der Waals surface area contributed by atoms with Gasteiger partial charge < -0.3 is 10.2 Å². The van der Waals surface area contributed by atoms with Crippen molar-refractivity contribution in [3.05, 3.63) is 35.9 Å². The summed E-state index contributed by atoms with van der Waals surface area (Å²) in [5.74, 6) is 0. The molecule has 1 aliphatic rings. The Balaban J connectivity index is 1.82. The van der Waals surface area contributed by atoms with Crippen LogP contribution in [0.4, 0.5) is 0 Å². The van der Waals surface area contributed by atoms with E-state index in [1.807, 2.05) is 0 Å². The molecule has 1 saturated heterocycles. The normalized spacial score (nSPS) is 17.6. The first-order valence-electron chi connectivity index (χ1n) is 7.97. The summed E-state index contributed by atoms with van der Waals surface area (Å²) in [4.78, 5) is 5.17. The predicted octanol–water partition coefficient (Wildman–Crippen LogP) is 2.19. The summed E-state index contributed by atoms with van der Waals surface area (Å²) in [5.41, 5.74) is 1.42. The van der Waals surface area contributed by atoms with E-state index in [9.17, 15) is 0 Å². The Morgan fingerprint density at radius 1 is 1.15 bits per heavy atom. The van der Waals surface area contributed by atoms with E-state index in [1.165, 1.54) is 38.2 Å². The van der Waals surface area contributed by atoms with E-state index < -0.39 is 0 Å². The molecule has 0 saturated carbocycles. The van der Waals surface area contributed by atoms with E-state index in [0.29, 0.717) is 6.04 Å². The van der Waals surface area contributed by atoms with Gasteiger partial charge in [-0.2, -0.15) is 0 Å². The molecule has 3 nitrogen and oxygen atoms in total. The topological polar surface area (TPSA) is 18.5 Å². The van der Waals surface area contributed by atoms with Gasteiger partial charge in [-0.3, -0.25) is 4.90 Å². The highest BCUT2D eigenvalue weighted by Crippen LogP contribution is 2.08. The lowest BCUT2D eigenvalue weighted by molar-refractivity contribution is 0.172. The molecule has 20 heavy (non-hydrogen) atoms. The molecule has 0 amide bonds. The van der Waals surface area contributed by atoms with Gasteiger partial charge in [0.2, 0.25) is 0 Å². The molecule has 0 unspecified atom stereocenters. The largest absolute Gasteiger partial charge is 0.315 e. The molecule has 0 aromatic heterocycles. The molecule has 2 rings (SSSR count). The van der Waals surface area contributed by atoms with Gasteiger partial charge in [-0.25, -0.2) is 0 Å². The first-order valence-corrected chi connectivity index (χ1v) is 7.97. The maximum Gasteiger partial charge on any atom is 0.0236 e. The van der Waals surface area contributed by atoms with Crippen molar-refractivity contribution in [3.8, 4) is 0 Å². The van der Waals surface area contributed by atoms with E-state index in [2.05, 4.69) is 59.3 Å². The number of benzene rings is 1. The molecular formula is C17H29N3. The van der Waals surface area contributed by atoms with Crippen LogP contribution in [0.3, 0.4) is 0 Å². The Morgan fingerprint density at radius 2 is 1.95 bits per heavy atom. The summed E-state index contributed by atoms with van der Waals surface area (Å²) in [5, 5.41) is 3.47. The SMILES string of the molecule is CC(C)N(CCN1CCCNCC1)Cc1ccccc1. The van der Waals surface area contributed by atoms with Gasteiger partial charge in [0.25, 0.3) is 0 Å². The minimum atomic E-state index is 0.598. The minimum absolute atomic E-state index is 0.598. The molecule has 1 N–H and O–H groups in total. The quantitative estimate of drug-likeness (QED) is 0.858. The van der Waals surface area contributed by atoms with Gasteiger partial charge in [0.1, 0.15) is 0 Å². The van der Waals surface area contributed by atoms with Crippen molar-refractivity contribution in [2.45, 2.75) is 32.9 Å². The highest BCUT2D eigenvalue weighted by atomic mass is 15.2. The van der Waals surface area contributed by atoms with Crippen LogP contribution in [-0.4, -0.2) is 55.1 Å². The summed E-state index contributed by atoms with van der Waals surface area (Å²) in [7, 11) is 0. The monoisotopic (exact) mass is 275 g/mol. The molecule has 1 aromatic carbocycles. The second kappa shape index (κ2) is 8.40. The molecule has 0 bridgehead atoms. The average Bonchev–Trinajstić information content (AvgIpc) is 2.73. The maximum atomic E-state index is 3.47. The number of nitrogens with zero attached hydrogens (tertiary/aromatic N) is 2. The van der Waals surface area contributed by atoms with Crippen molar-refractivity contribution >= 4 is 0 Å². The molecule has 3 heteroatoms. The number of nitrogens with one attached hydrogen (secondary N) is 1. The molecule has 1 fully saturated rings. The lowest BCUT2D eigenvalue weighted by Gasteiger charge is -2.29. The van der Waals surface area contributed by atoms with E-state index in [-0.39, 0.29) is 0 Å². The number of rotatable bonds is 6. The standard InChI is InChI=1S/C17H29N3/c1-16(2)20(15-17-7-4-3-5-8-17)14-13-19-11-6-9-18-10-12-19/h3-5,7-8,16,18H,6,9-15H2,1-2H3. The Bertz CT molecular complexity index is 356. The zero-order valence-electron chi connectivity index (χ0n) is 13.0. The molecule has 0 spiro atoms. The molecule has 0 radical (unpaired) electrons. The van der Waals surface area contributed by atoms with Crippen LogP contribution in [0, 0.1) is 0 Å². The Morgan fingerprint density at radius 3 is 2.70 bits per heavy atom. The smallest absolute Gasteiger partial charge is 0.0236 e. The second-order valence-corrected chi connectivity index (χ2v) is 6.00. The van der Waals surface area contributed by atoms with Crippen molar-refractivity contribution in [1.82, 2.24) is 15.1 Å². The fraction of sp³-hybridized carbons (Fsp3) is 0.647. The van der Waals surface area contributed by atoms with E-state index in [0.717, 1.165) is 19.6 Å². The van der Waals surface area contributed by atoms with Crippen LogP contribution in [-0.2, 0) is 6.54 Å². The van der Waals surface area contributed by atoms with E-state index in [1.54, 1.807) is 0 Å². The van der Waals surface area contributed by atoms with Gasteiger partial charge >= 0.3 is 0 Å². The number of hydrogen-bond donors (Lipinski definition) is 1. The lowest BCUT2D eigenvalue weighted by Crippen LogP contribution is -2.39. The van der Waals surface area contributed by atoms with Crippen LogP contribution in [0.5, 0.6) is 0 Å². The van der Waals surface area contributed by atoms with Crippen molar-refractivity contribution in [1.29, 1.82) is 0 Å². The Hall–Kier alpha value is -0.900. The highest BCUT2D eigenvalue weighted by Gasteiger charge is 2.13. The van der Waals surface area contributed by atoms with Gasteiger partial charge in [-0.05, 0) is 38.9 Å². The number of hydrogen-bond acceptors (Lipinski definition) is 3. The molecule has 1 heterocycles. The van der Waals surface area contributed by atoms with Gasteiger partial charge in [0, 0.05) is 38.8 Å². The third-order valence-electron chi connectivity index (χ3n) is 4.09. The molecule has 1 aliphatic heterocycles. The maximum absolute atomic E-state index is 3.47. The zero-order chi connectivity index (χ0) is 14.2. The van der Waals surface area contributed by atoms with Crippen molar-refractivity contribution in [3.63, 3.8) is 0 Å². The highest BCUT2D eigenvalue weighted by molar-refractivity contribution is 5.14. The molecular weight excluding hydrogens is 246 g/mol. The first-order chi connectivity index (χ1) is 9.75. The fourth-order valence-electron chi connectivity index (χ4n) is 2.73. The van der Waals surface area contributed by atoms with E-state index >= 15 is 0 Å². The third kappa shape index (κ3) is 5.23. The van der Waals surface area contributed by atoms with Crippen LogP contribution in [0.1, 0.15) is 25.8 Å². The molecule has 0 atom stereocenters. The van der Waals surface area contributed by atoms with Gasteiger partial charge in [-0.1, -0.05) is 30.3 Å². The second-order valence-electron chi connectivity index (χ2n) is 6.00. The van der Waals surface area contributed by atoms with Gasteiger partial charge in [0.15, 0.2) is 0 Å². The molecule has 0 aliphatic carbocycles. The lowest BCUT2D eigenvalue weighted by atomic mass is 10.2. The van der Waals surface area contributed by atoms with Crippen LogP contribution in [0.15, 0.2) is 30.3 Å². The van der Waals surface area contributed by atoms with Crippen LogP contribution in [0.2, 0.25) is 0 Å². The fourth-order valence-corrected chi connectivity index (χ4v) is 2.73. The van der Waals surface area contributed by atoms with Crippen LogP contribution < -0.4 is 5.32 Å². The first kappa shape index (κ1) is 15.5. The Kier molecular flexibility index (Phi) is 6.51. The van der Waals surface area contributed by atoms with Crippen LogP contribution >= 0.6 is 0 Å². The van der Waals surface area contributed by atoms with E-state index in [4.69, 9.17) is 0 Å². The third-order valence-corrected chi connectivity index (χ3v) is 4.09. The van der Waals surface area contributed by atoms with Crippen molar-refractivity contribution < 1.29 is 0 Å². The Labute approximate surface area is 124 Å². The summed E-state index contributed by atoms with van der Waals surface area (Å²) in [6.45, 7) is 12.8. The molecule has 1 aromatic rings. The van der Waals surface area contributed by atoms with Crippen LogP contribution in [0.25, 0.3) is 0 Å². The summed E-state index contributed by atoms with van der Waals surface area (Å²) < 4.78 is 0. The molecule has 112 valence electrons.